The molecule has 0 spiro atoms. The normalized spacial score (nSPS) is 10.3. The Labute approximate surface area is 125 Å². The van der Waals surface area contributed by atoms with E-state index in [2.05, 4.69) is 19.7 Å². The highest BCUT2D eigenvalue weighted by molar-refractivity contribution is 6.66. The first-order valence-corrected chi connectivity index (χ1v) is 8.14. The molecule has 0 aliphatic carbocycles. The maximum Gasteiger partial charge on any atom is 0.705 e. The van der Waals surface area contributed by atoms with Gasteiger partial charge in [0.25, 0.3) is 0 Å². The Kier molecular flexibility index (Phi) is 6.80. The minimum atomic E-state index is -3.88. The Morgan fingerprint density at radius 2 is 1.00 bits per heavy atom. The molecule has 0 bridgehead atoms. The van der Waals surface area contributed by atoms with Gasteiger partial charge in [-0.05, 0) is 20.8 Å². The van der Waals surface area contributed by atoms with Gasteiger partial charge in [-0.3, -0.25) is 0 Å². The second kappa shape index (κ2) is 7.58. The van der Waals surface area contributed by atoms with Gasteiger partial charge in [-0.15, -0.1) is 0 Å². The largest absolute Gasteiger partial charge is 0.705 e. The summed E-state index contributed by atoms with van der Waals surface area (Å²) < 4.78 is 15.4. The molecule has 0 radical (unpaired) electrons. The highest BCUT2D eigenvalue weighted by atomic mass is 28.4. The summed E-state index contributed by atoms with van der Waals surface area (Å²) in [6, 6.07) is 0.0318. The number of carbonyl (C=O) groups is 3. The lowest BCUT2D eigenvalue weighted by Crippen LogP contribution is -2.50. The first-order chi connectivity index (χ1) is 9.54. The molecule has 0 unspecified atom stereocenters. The zero-order valence-electron chi connectivity index (χ0n) is 12.8. The van der Waals surface area contributed by atoms with Crippen LogP contribution in [0, 0.1) is 0 Å². The summed E-state index contributed by atoms with van der Waals surface area (Å²) in [5.41, 5.74) is 0.286. The number of carbonyl (C=O) groups excluding carboxylic acids is 3. The van der Waals surface area contributed by atoms with Crippen molar-refractivity contribution >= 4 is 26.7 Å². The van der Waals surface area contributed by atoms with Crippen LogP contribution in [0.1, 0.15) is 27.7 Å². The van der Waals surface area contributed by atoms with Crippen LogP contribution in [0.15, 0.2) is 36.5 Å². The molecular formula is C14H20O6Si. The van der Waals surface area contributed by atoms with Crippen molar-refractivity contribution in [1.29, 1.82) is 0 Å². The van der Waals surface area contributed by atoms with Gasteiger partial charge >= 0.3 is 26.7 Å². The summed E-state index contributed by atoms with van der Waals surface area (Å²) in [6.45, 7) is 16.2. The van der Waals surface area contributed by atoms with Crippen molar-refractivity contribution in [2.45, 2.75) is 33.7 Å². The van der Waals surface area contributed by atoms with Crippen molar-refractivity contribution in [1.82, 2.24) is 0 Å². The molecule has 0 atom stereocenters. The van der Waals surface area contributed by atoms with Crippen LogP contribution < -0.4 is 0 Å². The molecule has 0 aromatic heterocycles. The SMILES string of the molecule is C=C(C)C(=O)O[Si](CC)(OC(=O)C(=C)C)OC(=O)C(=C)C. The summed E-state index contributed by atoms with van der Waals surface area (Å²) in [5, 5.41) is 0. The lowest BCUT2D eigenvalue weighted by atomic mass is 10.4. The Morgan fingerprint density at radius 1 is 0.762 bits per heavy atom. The van der Waals surface area contributed by atoms with E-state index in [4.69, 9.17) is 13.3 Å². The van der Waals surface area contributed by atoms with Gasteiger partial charge in [-0.1, -0.05) is 26.7 Å². The van der Waals surface area contributed by atoms with Crippen molar-refractivity contribution in [2.24, 2.45) is 0 Å². The Hall–Kier alpha value is -2.15. The molecule has 7 heteroatoms. The van der Waals surface area contributed by atoms with E-state index in [-0.39, 0.29) is 22.8 Å². The van der Waals surface area contributed by atoms with E-state index >= 15 is 0 Å². The molecule has 0 aliphatic rings. The minimum absolute atomic E-state index is 0.0318. The van der Waals surface area contributed by atoms with E-state index in [9.17, 15) is 14.4 Å². The van der Waals surface area contributed by atoms with Gasteiger partial charge in [0, 0.05) is 16.7 Å². The second-order valence-electron chi connectivity index (χ2n) is 4.55. The fraction of sp³-hybridized carbons (Fsp3) is 0.357. The summed E-state index contributed by atoms with van der Waals surface area (Å²) >= 11 is 0. The number of hydrogen-bond donors (Lipinski definition) is 0. The smallest absolute Gasteiger partial charge is 0.452 e. The maximum atomic E-state index is 11.7. The average Bonchev–Trinajstić information content (AvgIpc) is 2.37. The van der Waals surface area contributed by atoms with Gasteiger partial charge < -0.3 is 13.3 Å². The molecule has 21 heavy (non-hydrogen) atoms. The van der Waals surface area contributed by atoms with Crippen LogP contribution in [0.5, 0.6) is 0 Å². The second-order valence-corrected chi connectivity index (χ2v) is 7.23. The lowest BCUT2D eigenvalue weighted by molar-refractivity contribution is -0.145. The molecular weight excluding hydrogens is 292 g/mol. The third-order valence-corrected chi connectivity index (χ3v) is 4.58. The Bertz CT molecular complexity index is 436. The summed E-state index contributed by atoms with van der Waals surface area (Å²) in [6.07, 6.45) is 0. The zero-order valence-corrected chi connectivity index (χ0v) is 13.8. The first kappa shape index (κ1) is 18.8. The zero-order chi connectivity index (χ0) is 16.8. The standard InChI is InChI=1S/C14H20O6Si/c1-8-21(18-12(15)9(2)3,19-13(16)10(4)5)20-14(17)11(6)7/h2,4,6,8H2,1,3,5,7H3. The van der Waals surface area contributed by atoms with E-state index in [0.29, 0.717) is 0 Å². The van der Waals surface area contributed by atoms with Gasteiger partial charge in [-0.2, -0.15) is 0 Å². The van der Waals surface area contributed by atoms with Gasteiger partial charge in [0.15, 0.2) is 0 Å². The van der Waals surface area contributed by atoms with E-state index in [1.807, 2.05) is 0 Å². The highest BCUT2D eigenvalue weighted by Crippen LogP contribution is 2.20. The minimum Gasteiger partial charge on any atom is -0.452 e. The average molecular weight is 312 g/mol. The molecule has 0 saturated carbocycles. The Balaban J connectivity index is 5.46. The molecule has 116 valence electrons. The van der Waals surface area contributed by atoms with E-state index in [0.717, 1.165) is 0 Å². The third-order valence-electron chi connectivity index (χ3n) is 2.22. The summed E-state index contributed by atoms with van der Waals surface area (Å²) in [4.78, 5) is 35.1. The Morgan fingerprint density at radius 3 is 1.14 bits per heavy atom. The van der Waals surface area contributed by atoms with Crippen molar-refractivity contribution in [3.05, 3.63) is 36.5 Å². The summed E-state index contributed by atoms with van der Waals surface area (Å²) in [7, 11) is -3.88. The van der Waals surface area contributed by atoms with E-state index in [1.54, 1.807) is 6.92 Å². The van der Waals surface area contributed by atoms with E-state index < -0.39 is 26.7 Å². The van der Waals surface area contributed by atoms with Crippen LogP contribution >= 0.6 is 0 Å². The van der Waals surface area contributed by atoms with Gasteiger partial charge in [0.2, 0.25) is 0 Å². The van der Waals surface area contributed by atoms with Crippen LogP contribution in [0.3, 0.4) is 0 Å². The predicted molar refractivity (Wildman–Crippen MR) is 79.0 cm³/mol. The van der Waals surface area contributed by atoms with Crippen LogP contribution in [0.4, 0.5) is 0 Å². The van der Waals surface area contributed by atoms with Gasteiger partial charge in [0.1, 0.15) is 0 Å². The van der Waals surface area contributed by atoms with Crippen molar-refractivity contribution in [3.8, 4) is 0 Å². The monoisotopic (exact) mass is 312 g/mol. The van der Waals surface area contributed by atoms with Crippen LogP contribution in [-0.2, 0) is 27.7 Å². The molecule has 0 heterocycles. The first-order valence-electron chi connectivity index (χ1n) is 6.21. The van der Waals surface area contributed by atoms with Crippen LogP contribution in [0.2, 0.25) is 6.04 Å². The maximum absolute atomic E-state index is 11.7. The molecule has 0 amide bonds. The number of rotatable bonds is 7. The molecule has 0 aromatic carbocycles. The fourth-order valence-corrected chi connectivity index (χ4v) is 2.89. The van der Waals surface area contributed by atoms with Crippen molar-refractivity contribution < 1.29 is 27.7 Å². The highest BCUT2D eigenvalue weighted by Gasteiger charge is 2.51. The van der Waals surface area contributed by atoms with Crippen molar-refractivity contribution in [3.63, 3.8) is 0 Å². The molecule has 0 aliphatic heterocycles. The van der Waals surface area contributed by atoms with Gasteiger partial charge in [0.05, 0.1) is 6.04 Å². The molecule has 0 fully saturated rings. The van der Waals surface area contributed by atoms with Crippen LogP contribution in [0.25, 0.3) is 0 Å². The third kappa shape index (κ3) is 5.78. The molecule has 0 N–H and O–H groups in total. The van der Waals surface area contributed by atoms with E-state index in [1.165, 1.54) is 20.8 Å². The molecule has 0 aromatic rings. The van der Waals surface area contributed by atoms with Gasteiger partial charge in [-0.25, -0.2) is 14.4 Å². The predicted octanol–water partition coefficient (Wildman–Crippen LogP) is 2.30. The summed E-state index contributed by atoms with van der Waals surface area (Å²) in [5.74, 6) is -2.40. The molecule has 6 nitrogen and oxygen atoms in total. The fourth-order valence-electron chi connectivity index (χ4n) is 0.964. The van der Waals surface area contributed by atoms with Crippen LogP contribution in [-0.4, -0.2) is 26.7 Å². The molecule has 0 rings (SSSR count). The van der Waals surface area contributed by atoms with Crippen molar-refractivity contribution in [2.75, 3.05) is 0 Å². The number of hydrogen-bond acceptors (Lipinski definition) is 6. The quantitative estimate of drug-likeness (QED) is 0.530. The lowest BCUT2D eigenvalue weighted by Gasteiger charge is -2.26. The topological polar surface area (TPSA) is 78.9 Å². The molecule has 0 saturated heterocycles.